The first kappa shape index (κ1) is 22.6. The SMILES string of the molecule is CC(CC(=O)Nc1ccccc1)=NNC(=O)COc1cc(C)c(Br)cc1C(C)C. The maximum Gasteiger partial charge on any atom is 0.277 e. The van der Waals surface area contributed by atoms with Crippen molar-refractivity contribution in [3.8, 4) is 5.75 Å². The van der Waals surface area contributed by atoms with Gasteiger partial charge in [0.1, 0.15) is 5.75 Å². The topological polar surface area (TPSA) is 79.8 Å². The van der Waals surface area contributed by atoms with Crippen molar-refractivity contribution >= 4 is 39.1 Å². The molecule has 0 saturated heterocycles. The van der Waals surface area contributed by atoms with E-state index in [-0.39, 0.29) is 30.8 Å². The third-order valence-corrected chi connectivity index (χ3v) is 4.97. The Bertz CT molecular complexity index is 896. The molecule has 29 heavy (non-hydrogen) atoms. The molecule has 0 fully saturated rings. The van der Waals surface area contributed by atoms with Gasteiger partial charge in [-0.15, -0.1) is 0 Å². The highest BCUT2D eigenvalue weighted by atomic mass is 79.9. The quantitative estimate of drug-likeness (QED) is 0.440. The van der Waals surface area contributed by atoms with Gasteiger partial charge in [0.15, 0.2) is 6.61 Å². The first-order valence-electron chi connectivity index (χ1n) is 9.36. The Kier molecular flexibility index (Phi) is 8.39. The van der Waals surface area contributed by atoms with Crippen molar-refractivity contribution in [3.05, 3.63) is 58.1 Å². The van der Waals surface area contributed by atoms with Crippen LogP contribution in [0.25, 0.3) is 0 Å². The van der Waals surface area contributed by atoms with Crippen molar-refractivity contribution in [2.24, 2.45) is 5.10 Å². The second-order valence-electron chi connectivity index (χ2n) is 7.06. The van der Waals surface area contributed by atoms with Crippen LogP contribution in [0.15, 0.2) is 52.0 Å². The number of halogens is 1. The Morgan fingerprint density at radius 2 is 1.83 bits per heavy atom. The lowest BCUT2D eigenvalue weighted by molar-refractivity contribution is -0.123. The molecule has 0 atom stereocenters. The van der Waals surface area contributed by atoms with Gasteiger partial charge < -0.3 is 10.1 Å². The zero-order valence-corrected chi connectivity index (χ0v) is 18.7. The lowest BCUT2D eigenvalue weighted by Gasteiger charge is -2.15. The first-order valence-corrected chi connectivity index (χ1v) is 10.1. The molecule has 2 N–H and O–H groups in total. The molecule has 6 nitrogen and oxygen atoms in total. The van der Waals surface area contributed by atoms with Crippen LogP contribution >= 0.6 is 15.9 Å². The Morgan fingerprint density at radius 3 is 2.48 bits per heavy atom. The van der Waals surface area contributed by atoms with E-state index in [0.717, 1.165) is 15.6 Å². The number of benzene rings is 2. The molecule has 2 aromatic carbocycles. The molecule has 0 unspecified atom stereocenters. The summed E-state index contributed by atoms with van der Waals surface area (Å²) >= 11 is 3.52. The number of amides is 2. The van der Waals surface area contributed by atoms with Gasteiger partial charge in [-0.2, -0.15) is 5.10 Å². The Balaban J connectivity index is 1.86. The van der Waals surface area contributed by atoms with Crippen LogP contribution < -0.4 is 15.5 Å². The first-order chi connectivity index (χ1) is 13.8. The highest BCUT2D eigenvalue weighted by Gasteiger charge is 2.12. The Morgan fingerprint density at radius 1 is 1.14 bits per heavy atom. The summed E-state index contributed by atoms with van der Waals surface area (Å²) in [5, 5.41) is 6.75. The van der Waals surface area contributed by atoms with E-state index in [1.165, 1.54) is 0 Å². The van der Waals surface area contributed by atoms with Crippen molar-refractivity contribution in [1.82, 2.24) is 5.43 Å². The molecule has 0 saturated carbocycles. The second-order valence-corrected chi connectivity index (χ2v) is 7.91. The van der Waals surface area contributed by atoms with Gasteiger partial charge >= 0.3 is 0 Å². The summed E-state index contributed by atoms with van der Waals surface area (Å²) in [6, 6.07) is 13.1. The lowest BCUT2D eigenvalue weighted by Crippen LogP contribution is -2.26. The predicted molar refractivity (Wildman–Crippen MR) is 119 cm³/mol. The summed E-state index contributed by atoms with van der Waals surface area (Å²) in [7, 11) is 0. The standard InChI is InChI=1S/C22H26BrN3O3/c1-14(2)18-12-19(23)15(3)10-20(18)29-13-22(28)26-25-16(4)11-21(27)24-17-8-6-5-7-9-17/h5-10,12,14H,11,13H2,1-4H3,(H,24,27)(H,26,28). The van der Waals surface area contributed by atoms with Crippen LogP contribution in [0.1, 0.15) is 44.2 Å². The van der Waals surface area contributed by atoms with E-state index in [9.17, 15) is 9.59 Å². The number of carbonyl (C=O) groups is 2. The van der Waals surface area contributed by atoms with Gasteiger partial charge in [0.25, 0.3) is 5.91 Å². The summed E-state index contributed by atoms with van der Waals surface area (Å²) in [5.41, 5.74) is 5.69. The molecule has 0 aliphatic rings. The Labute approximate surface area is 179 Å². The molecule has 2 aromatic rings. The fourth-order valence-electron chi connectivity index (χ4n) is 2.58. The van der Waals surface area contributed by atoms with Crippen LogP contribution in [-0.2, 0) is 9.59 Å². The van der Waals surface area contributed by atoms with E-state index in [2.05, 4.69) is 45.6 Å². The van der Waals surface area contributed by atoms with Gasteiger partial charge in [-0.05, 0) is 55.2 Å². The van der Waals surface area contributed by atoms with Crippen molar-refractivity contribution in [2.45, 2.75) is 40.0 Å². The molecular formula is C22H26BrN3O3. The second kappa shape index (κ2) is 10.8. The molecule has 2 amide bonds. The van der Waals surface area contributed by atoms with Crippen LogP contribution in [0.2, 0.25) is 0 Å². The predicted octanol–water partition coefficient (Wildman–Crippen LogP) is 4.78. The number of para-hydroxylation sites is 1. The average Bonchev–Trinajstić information content (AvgIpc) is 2.67. The molecule has 0 aliphatic heterocycles. The maximum absolute atomic E-state index is 12.1. The Hall–Kier alpha value is -2.67. The molecule has 0 heterocycles. The summed E-state index contributed by atoms with van der Waals surface area (Å²) in [6.45, 7) is 7.63. The smallest absolute Gasteiger partial charge is 0.277 e. The lowest BCUT2D eigenvalue weighted by atomic mass is 10.0. The number of hydrazone groups is 1. The van der Waals surface area contributed by atoms with E-state index in [1.54, 1.807) is 19.1 Å². The monoisotopic (exact) mass is 459 g/mol. The molecule has 2 rings (SSSR count). The van der Waals surface area contributed by atoms with E-state index in [1.807, 2.05) is 37.3 Å². The van der Waals surface area contributed by atoms with Crippen LogP contribution in [0.3, 0.4) is 0 Å². The number of ether oxygens (including phenoxy) is 1. The average molecular weight is 460 g/mol. The summed E-state index contributed by atoms with van der Waals surface area (Å²) < 4.78 is 6.71. The number of nitrogens with one attached hydrogen (secondary N) is 2. The molecule has 0 aromatic heterocycles. The van der Waals surface area contributed by atoms with Crippen molar-refractivity contribution in [2.75, 3.05) is 11.9 Å². The summed E-state index contributed by atoms with van der Waals surface area (Å²) in [4.78, 5) is 24.1. The van der Waals surface area contributed by atoms with Crippen molar-refractivity contribution in [1.29, 1.82) is 0 Å². The van der Waals surface area contributed by atoms with Gasteiger partial charge in [0, 0.05) is 15.9 Å². The number of aryl methyl sites for hydroxylation is 1. The normalized spacial score (nSPS) is 11.3. The molecule has 0 radical (unpaired) electrons. The number of rotatable bonds is 8. The fraction of sp³-hybridized carbons (Fsp3) is 0.318. The van der Waals surface area contributed by atoms with Crippen LogP contribution in [-0.4, -0.2) is 24.1 Å². The third kappa shape index (κ3) is 7.34. The minimum atomic E-state index is -0.386. The molecule has 0 aliphatic carbocycles. The van der Waals surface area contributed by atoms with E-state index < -0.39 is 0 Å². The number of carbonyl (C=O) groups excluding carboxylic acids is 2. The van der Waals surface area contributed by atoms with Crippen molar-refractivity contribution in [3.63, 3.8) is 0 Å². The van der Waals surface area contributed by atoms with Crippen LogP contribution in [0, 0.1) is 6.92 Å². The zero-order valence-electron chi connectivity index (χ0n) is 17.1. The van der Waals surface area contributed by atoms with Crippen LogP contribution in [0.4, 0.5) is 5.69 Å². The number of hydrogen-bond donors (Lipinski definition) is 2. The number of hydrogen-bond acceptors (Lipinski definition) is 4. The molecule has 0 spiro atoms. The largest absolute Gasteiger partial charge is 0.483 e. The number of anilines is 1. The van der Waals surface area contributed by atoms with Gasteiger partial charge in [-0.1, -0.05) is 48.0 Å². The minimum Gasteiger partial charge on any atom is -0.483 e. The van der Waals surface area contributed by atoms with Crippen LogP contribution in [0.5, 0.6) is 5.75 Å². The highest BCUT2D eigenvalue weighted by molar-refractivity contribution is 9.10. The molecular weight excluding hydrogens is 434 g/mol. The molecule has 7 heteroatoms. The number of nitrogens with zero attached hydrogens (tertiary/aromatic N) is 1. The summed E-state index contributed by atoms with van der Waals surface area (Å²) in [6.07, 6.45) is 0.0828. The van der Waals surface area contributed by atoms with Gasteiger partial charge in [-0.25, -0.2) is 5.43 Å². The van der Waals surface area contributed by atoms with E-state index >= 15 is 0 Å². The maximum atomic E-state index is 12.1. The van der Waals surface area contributed by atoms with Crippen molar-refractivity contribution < 1.29 is 14.3 Å². The van der Waals surface area contributed by atoms with E-state index in [0.29, 0.717) is 17.1 Å². The third-order valence-electron chi connectivity index (χ3n) is 4.12. The van der Waals surface area contributed by atoms with Gasteiger partial charge in [0.05, 0.1) is 6.42 Å². The van der Waals surface area contributed by atoms with Gasteiger partial charge in [0.2, 0.25) is 5.91 Å². The summed E-state index contributed by atoms with van der Waals surface area (Å²) in [5.74, 6) is 0.352. The zero-order chi connectivity index (χ0) is 21.4. The fourth-order valence-corrected chi connectivity index (χ4v) is 2.94. The minimum absolute atomic E-state index is 0.0828. The molecule has 154 valence electrons. The highest BCUT2D eigenvalue weighted by Crippen LogP contribution is 2.32. The molecule has 0 bridgehead atoms. The van der Waals surface area contributed by atoms with E-state index in [4.69, 9.17) is 4.74 Å². The van der Waals surface area contributed by atoms with Gasteiger partial charge in [-0.3, -0.25) is 9.59 Å².